The van der Waals surface area contributed by atoms with Crippen LogP contribution in [-0.4, -0.2) is 6.71 Å². The van der Waals surface area contributed by atoms with Crippen LogP contribution >= 0.6 is 0 Å². The zero-order valence-electron chi connectivity index (χ0n) is 55.8. The van der Waals surface area contributed by atoms with Crippen LogP contribution in [0.3, 0.4) is 0 Å². The van der Waals surface area contributed by atoms with E-state index in [1.807, 2.05) is 0 Å². The molecule has 2 aliphatic heterocycles. The highest BCUT2D eigenvalue weighted by atomic mass is 15.2. The molecule has 0 bridgehead atoms. The zero-order chi connectivity index (χ0) is 66.9. The maximum Gasteiger partial charge on any atom is 0.252 e. The van der Waals surface area contributed by atoms with Gasteiger partial charge in [0.25, 0.3) is 6.71 Å². The van der Waals surface area contributed by atoms with Crippen molar-refractivity contribution in [3.63, 3.8) is 0 Å². The van der Waals surface area contributed by atoms with Gasteiger partial charge in [0.1, 0.15) is 0 Å². The second kappa shape index (κ2) is 23.2. The van der Waals surface area contributed by atoms with Gasteiger partial charge in [-0.2, -0.15) is 0 Å². The number of fused-ring (bicyclic) bond motifs is 22. The molecule has 474 valence electrons. The average molecular weight is 1300 g/mol. The number of hydrogen-bond acceptors (Lipinski definition) is 4. The van der Waals surface area contributed by atoms with E-state index in [-0.39, 0.29) is 6.71 Å². The summed E-state index contributed by atoms with van der Waals surface area (Å²) in [4.78, 5) is 10.1. The molecule has 2 aliphatic rings. The van der Waals surface area contributed by atoms with Crippen LogP contribution in [0.4, 0.5) is 68.2 Å². The van der Waals surface area contributed by atoms with Gasteiger partial charge in [-0.25, -0.2) is 0 Å². The lowest BCUT2D eigenvalue weighted by Crippen LogP contribution is -2.61. The molecule has 19 aromatic carbocycles. The van der Waals surface area contributed by atoms with Crippen molar-refractivity contribution in [2.24, 2.45) is 0 Å². The van der Waals surface area contributed by atoms with Crippen molar-refractivity contribution in [3.05, 3.63) is 381 Å². The zero-order valence-corrected chi connectivity index (χ0v) is 55.8. The predicted octanol–water partition coefficient (Wildman–Crippen LogP) is 24.7. The van der Waals surface area contributed by atoms with Gasteiger partial charge in [-0.1, -0.05) is 261 Å². The smallest absolute Gasteiger partial charge is 0.252 e. The Morgan fingerprint density at radius 3 is 0.794 bits per heavy atom. The average Bonchev–Trinajstić information content (AvgIpc) is 0.694. The summed E-state index contributed by atoms with van der Waals surface area (Å²) >= 11 is 0. The van der Waals surface area contributed by atoms with Crippen molar-refractivity contribution in [3.8, 4) is 0 Å². The van der Waals surface area contributed by atoms with E-state index in [0.717, 1.165) is 68.2 Å². The fraction of sp³-hybridized carbons (Fsp3) is 0.0103. The van der Waals surface area contributed by atoms with Crippen LogP contribution in [0.15, 0.2) is 370 Å². The molecular formula is C97H63BN4. The first-order chi connectivity index (χ1) is 50.6. The largest absolute Gasteiger partial charge is 0.311 e. The van der Waals surface area contributed by atoms with Crippen LogP contribution in [0.25, 0.3) is 97.0 Å². The minimum Gasteiger partial charge on any atom is -0.311 e. The van der Waals surface area contributed by atoms with Crippen molar-refractivity contribution < 1.29 is 0 Å². The number of nitrogens with zero attached hydrogens (tertiary/aromatic N) is 4. The molecule has 2 heterocycles. The molecule has 4 nitrogen and oxygen atoms in total. The van der Waals surface area contributed by atoms with E-state index in [9.17, 15) is 0 Å². The van der Waals surface area contributed by atoms with Gasteiger partial charge in [-0.3, -0.25) is 0 Å². The van der Waals surface area contributed by atoms with Crippen molar-refractivity contribution >= 4 is 188 Å². The summed E-state index contributed by atoms with van der Waals surface area (Å²) in [6.07, 6.45) is 0.678. The third kappa shape index (κ3) is 9.04. The van der Waals surface area contributed by atoms with E-state index in [4.69, 9.17) is 0 Å². The molecule has 0 radical (unpaired) electrons. The van der Waals surface area contributed by atoms with Crippen LogP contribution in [0.5, 0.6) is 0 Å². The monoisotopic (exact) mass is 1290 g/mol. The maximum atomic E-state index is 2.64. The van der Waals surface area contributed by atoms with Gasteiger partial charge in [-0.05, 0) is 240 Å². The van der Waals surface area contributed by atoms with E-state index in [0.29, 0.717) is 6.42 Å². The number of anilines is 12. The van der Waals surface area contributed by atoms with E-state index >= 15 is 0 Å². The molecule has 5 heteroatoms. The standard InChI is InChI=1S/C97H63BN4/c1-5-25-65(26-6-1)99(66-27-7-2-8-28-66)71-48-53-91-93(61-71)101(69-46-51-86-80-40-17-14-34-74(80)77-37-20-23-43-83(77)89(86)59-69)95-57-64(55-63-45-50-85-79-39-16-13-33-73(79)76-36-19-22-42-82(76)88(85)56-63)58-96-97(95)98(91)92-54-49-72(100(67-29-9-3-10-30-67)68-31-11-4-12-32-68)62-94(92)102(96)70-47-52-87-81-41-18-15-35-75(81)78-38-21-24-44-84(78)90(87)60-70/h1-54,56-62H,55H2. The van der Waals surface area contributed by atoms with Crippen LogP contribution in [0, 0.1) is 0 Å². The first-order valence-electron chi connectivity index (χ1n) is 35.5. The normalized spacial score (nSPS) is 12.5. The van der Waals surface area contributed by atoms with Gasteiger partial charge in [0.15, 0.2) is 0 Å². The van der Waals surface area contributed by atoms with Gasteiger partial charge in [-0.15, -0.1) is 0 Å². The van der Waals surface area contributed by atoms with Crippen LogP contribution < -0.4 is 36.0 Å². The van der Waals surface area contributed by atoms with Crippen molar-refractivity contribution in [2.45, 2.75) is 6.42 Å². The summed E-state index contributed by atoms with van der Waals surface area (Å²) in [5, 5.41) is 22.5. The molecule has 0 amide bonds. The summed E-state index contributed by atoms with van der Waals surface area (Å²) in [7, 11) is 0. The Morgan fingerprint density at radius 1 is 0.196 bits per heavy atom. The first-order valence-corrected chi connectivity index (χ1v) is 35.5. The number of benzene rings is 19. The Kier molecular flexibility index (Phi) is 13.2. The van der Waals surface area contributed by atoms with Gasteiger partial charge < -0.3 is 19.6 Å². The summed E-state index contributed by atoms with van der Waals surface area (Å²) < 4.78 is 0. The van der Waals surface area contributed by atoms with Gasteiger partial charge in [0.2, 0.25) is 0 Å². The molecule has 102 heavy (non-hydrogen) atoms. The molecule has 0 spiro atoms. The van der Waals surface area contributed by atoms with Crippen molar-refractivity contribution in [1.82, 2.24) is 0 Å². The lowest BCUT2D eigenvalue weighted by Gasteiger charge is -2.45. The molecule has 0 fully saturated rings. The second-order valence-corrected chi connectivity index (χ2v) is 27.4. The molecule has 0 aromatic heterocycles. The van der Waals surface area contributed by atoms with E-state index < -0.39 is 0 Å². The van der Waals surface area contributed by atoms with Crippen LogP contribution in [0.2, 0.25) is 0 Å². The third-order valence-corrected chi connectivity index (χ3v) is 21.9. The highest BCUT2D eigenvalue weighted by Crippen LogP contribution is 2.51. The molecule has 21 rings (SSSR count). The SMILES string of the molecule is c1ccc(N(c2ccccc2)c2ccc3c(c2)N(c2ccc4c5ccccc5c5ccccc5c4c2)c2cc(Cc4ccc5c6ccccc6c6ccccc6c5c4)cc4c2B3c2ccc(N(c3ccccc3)c3ccccc3)cc2N4c2ccc3c4ccccc4c4ccccc4c3c2)cc1. The fourth-order valence-corrected chi connectivity index (χ4v) is 17.5. The Labute approximate surface area is 591 Å². The molecule has 0 saturated carbocycles. The summed E-state index contributed by atoms with van der Waals surface area (Å²) in [5.74, 6) is 0. The fourth-order valence-electron chi connectivity index (χ4n) is 17.5. The van der Waals surface area contributed by atoms with E-state index in [2.05, 4.69) is 390 Å². The van der Waals surface area contributed by atoms with Gasteiger partial charge in [0, 0.05) is 68.2 Å². The van der Waals surface area contributed by atoms with Crippen molar-refractivity contribution in [1.29, 1.82) is 0 Å². The number of hydrogen-bond donors (Lipinski definition) is 0. The summed E-state index contributed by atoms with van der Waals surface area (Å²) in [6, 6.07) is 139. The molecule has 19 aromatic rings. The first kappa shape index (κ1) is 57.8. The highest BCUT2D eigenvalue weighted by Gasteiger charge is 2.44. The lowest BCUT2D eigenvalue weighted by molar-refractivity contribution is 1.17. The Bertz CT molecular complexity index is 6130. The second-order valence-electron chi connectivity index (χ2n) is 27.4. The predicted molar refractivity (Wildman–Crippen MR) is 437 cm³/mol. The molecule has 0 aliphatic carbocycles. The minimum absolute atomic E-state index is 0.204. The van der Waals surface area contributed by atoms with Gasteiger partial charge in [0.05, 0.1) is 0 Å². The topological polar surface area (TPSA) is 13.0 Å². The Morgan fingerprint density at radius 2 is 0.471 bits per heavy atom. The van der Waals surface area contributed by atoms with Crippen molar-refractivity contribution in [2.75, 3.05) is 19.6 Å². The minimum atomic E-state index is -0.204. The number of para-hydroxylation sites is 4. The maximum absolute atomic E-state index is 2.64. The summed E-state index contributed by atoms with van der Waals surface area (Å²) in [6.45, 7) is -0.204. The molecule has 0 N–H and O–H groups in total. The third-order valence-electron chi connectivity index (χ3n) is 21.9. The molecule has 0 atom stereocenters. The Hall–Kier alpha value is -13.2. The highest BCUT2D eigenvalue weighted by molar-refractivity contribution is 7.00. The Balaban J connectivity index is 0.884. The lowest BCUT2D eigenvalue weighted by atomic mass is 9.33. The molecule has 0 unspecified atom stereocenters. The molecule has 0 saturated heterocycles. The van der Waals surface area contributed by atoms with Crippen LogP contribution in [0.1, 0.15) is 11.1 Å². The quantitative estimate of drug-likeness (QED) is 0.0999. The van der Waals surface area contributed by atoms with Crippen LogP contribution in [-0.2, 0) is 6.42 Å². The van der Waals surface area contributed by atoms with Gasteiger partial charge >= 0.3 is 0 Å². The van der Waals surface area contributed by atoms with E-state index in [1.54, 1.807) is 0 Å². The van der Waals surface area contributed by atoms with E-state index in [1.165, 1.54) is 124 Å². The molecular weight excluding hydrogens is 1230 g/mol. The summed E-state index contributed by atoms with van der Waals surface area (Å²) in [5.41, 5.74) is 19.4. The number of rotatable bonds is 10.